The minimum atomic E-state index is -0.182. The Morgan fingerprint density at radius 2 is 2.06 bits per heavy atom. The fourth-order valence-corrected chi connectivity index (χ4v) is 2.15. The maximum atomic E-state index is 9.29. The van der Waals surface area contributed by atoms with Gasteiger partial charge in [0.1, 0.15) is 0 Å². The van der Waals surface area contributed by atoms with Gasteiger partial charge in [0.15, 0.2) is 11.5 Å². The summed E-state index contributed by atoms with van der Waals surface area (Å²) in [4.78, 5) is 4.17. The molecule has 0 saturated heterocycles. The number of aromatic nitrogens is 2. The molecule has 0 amide bonds. The molecule has 0 fully saturated rings. The zero-order valence-corrected chi connectivity index (χ0v) is 10.5. The van der Waals surface area contributed by atoms with Crippen LogP contribution >= 0.6 is 23.3 Å². The van der Waals surface area contributed by atoms with Crippen LogP contribution < -0.4 is 10.9 Å². The summed E-state index contributed by atoms with van der Waals surface area (Å²) >= 11 is 2.70. The molecule has 1 aromatic carbocycles. The van der Waals surface area contributed by atoms with Crippen LogP contribution in [0.3, 0.4) is 0 Å². The highest BCUT2D eigenvalue weighted by molar-refractivity contribution is 7.98. The van der Waals surface area contributed by atoms with E-state index in [9.17, 15) is 5.11 Å². The number of phenolic OH excluding ortho intramolecular Hbond substituents is 2. The first-order chi connectivity index (χ1) is 8.19. The van der Waals surface area contributed by atoms with Gasteiger partial charge < -0.3 is 10.2 Å². The average Bonchev–Trinajstić information content (AvgIpc) is 2.79. The Morgan fingerprint density at radius 3 is 2.71 bits per heavy atom. The van der Waals surface area contributed by atoms with Crippen molar-refractivity contribution in [2.45, 2.75) is 5.16 Å². The summed E-state index contributed by atoms with van der Waals surface area (Å²) in [6, 6.07) is 4.42. The van der Waals surface area contributed by atoms with E-state index >= 15 is 0 Å². The number of nitrogens with zero attached hydrogens (tertiary/aromatic N) is 2. The first-order valence-electron chi connectivity index (χ1n) is 4.61. The van der Waals surface area contributed by atoms with Crippen molar-refractivity contribution in [3.8, 4) is 11.5 Å². The van der Waals surface area contributed by atoms with E-state index in [0.29, 0.717) is 16.0 Å². The van der Waals surface area contributed by atoms with Gasteiger partial charge in [0.05, 0.1) is 5.69 Å². The van der Waals surface area contributed by atoms with Gasteiger partial charge in [-0.2, -0.15) is 9.36 Å². The highest BCUT2D eigenvalue weighted by Gasteiger charge is 2.03. The van der Waals surface area contributed by atoms with Crippen LogP contribution in [0, 0.1) is 0 Å². The molecule has 1 aromatic heterocycles. The number of anilines is 2. The number of hydrogen-bond acceptors (Lipinski definition) is 8. The molecule has 1 heterocycles. The second-order valence-corrected chi connectivity index (χ2v) is 4.56. The summed E-state index contributed by atoms with van der Waals surface area (Å²) in [5, 5.41) is 19.8. The molecule has 4 N–H and O–H groups in total. The summed E-state index contributed by atoms with van der Waals surface area (Å²) in [6.07, 6.45) is 1.90. The monoisotopic (exact) mass is 270 g/mol. The van der Waals surface area contributed by atoms with Crippen molar-refractivity contribution in [3.05, 3.63) is 18.2 Å². The minimum Gasteiger partial charge on any atom is -0.504 e. The second-order valence-electron chi connectivity index (χ2n) is 3.04. The molecular weight excluding hydrogens is 260 g/mol. The number of aromatic hydroxyl groups is 2. The van der Waals surface area contributed by atoms with E-state index in [1.165, 1.54) is 35.4 Å². The van der Waals surface area contributed by atoms with Gasteiger partial charge in [0.25, 0.3) is 0 Å². The summed E-state index contributed by atoms with van der Waals surface area (Å²) in [5.41, 5.74) is 6.31. The fourth-order valence-electron chi connectivity index (χ4n) is 1.07. The van der Waals surface area contributed by atoms with E-state index in [2.05, 4.69) is 20.2 Å². The Bertz CT molecular complexity index is 517. The lowest BCUT2D eigenvalue weighted by molar-refractivity contribution is 0.404. The first kappa shape index (κ1) is 11.8. The van der Waals surface area contributed by atoms with E-state index in [1.807, 2.05) is 6.26 Å². The first-order valence-corrected chi connectivity index (χ1v) is 6.60. The number of hydrazine groups is 1. The molecule has 17 heavy (non-hydrogen) atoms. The van der Waals surface area contributed by atoms with Crippen LogP contribution in [0.4, 0.5) is 10.8 Å². The third-order valence-corrected chi connectivity index (χ3v) is 3.17. The Kier molecular flexibility index (Phi) is 3.55. The van der Waals surface area contributed by atoms with Gasteiger partial charge in [0.2, 0.25) is 10.3 Å². The van der Waals surface area contributed by atoms with Crippen molar-refractivity contribution in [3.63, 3.8) is 0 Å². The van der Waals surface area contributed by atoms with Gasteiger partial charge in [-0.25, -0.2) is 0 Å². The van der Waals surface area contributed by atoms with Gasteiger partial charge in [-0.3, -0.25) is 10.9 Å². The molecule has 2 aromatic rings. The largest absolute Gasteiger partial charge is 0.504 e. The molecule has 0 unspecified atom stereocenters. The lowest BCUT2D eigenvalue weighted by Gasteiger charge is -2.07. The fraction of sp³-hybridized carbons (Fsp3) is 0.111. The Hall–Kier alpha value is -1.67. The Balaban J connectivity index is 1.99. The van der Waals surface area contributed by atoms with Crippen LogP contribution in [-0.4, -0.2) is 25.8 Å². The smallest absolute Gasteiger partial charge is 0.222 e. The van der Waals surface area contributed by atoms with Crippen molar-refractivity contribution in [1.82, 2.24) is 9.36 Å². The van der Waals surface area contributed by atoms with E-state index in [0.717, 1.165) is 0 Å². The predicted octanol–water partition coefficient (Wildman–Crippen LogP) is 2.11. The molecule has 0 atom stereocenters. The van der Waals surface area contributed by atoms with Crippen LogP contribution in [-0.2, 0) is 0 Å². The lowest BCUT2D eigenvalue weighted by atomic mass is 10.3. The number of benzene rings is 1. The molecule has 8 heteroatoms. The number of phenols is 2. The van der Waals surface area contributed by atoms with E-state index in [-0.39, 0.29) is 11.5 Å². The maximum absolute atomic E-state index is 9.29. The molecule has 0 spiro atoms. The zero-order valence-electron chi connectivity index (χ0n) is 8.84. The molecule has 90 valence electrons. The van der Waals surface area contributed by atoms with Crippen LogP contribution in [0.1, 0.15) is 0 Å². The van der Waals surface area contributed by atoms with Crippen LogP contribution in [0.25, 0.3) is 0 Å². The minimum absolute atomic E-state index is 0.156. The van der Waals surface area contributed by atoms with Crippen LogP contribution in [0.5, 0.6) is 11.5 Å². The van der Waals surface area contributed by atoms with Crippen molar-refractivity contribution in [1.29, 1.82) is 0 Å². The van der Waals surface area contributed by atoms with E-state index in [1.54, 1.807) is 6.07 Å². The van der Waals surface area contributed by atoms with Crippen molar-refractivity contribution in [2.75, 3.05) is 17.1 Å². The predicted molar refractivity (Wildman–Crippen MR) is 68.7 cm³/mol. The number of nitrogens with one attached hydrogen (secondary N) is 2. The molecule has 0 radical (unpaired) electrons. The zero-order chi connectivity index (χ0) is 12.3. The summed E-state index contributed by atoms with van der Waals surface area (Å²) in [5.74, 6) is -0.338. The average molecular weight is 270 g/mol. The van der Waals surface area contributed by atoms with Crippen molar-refractivity contribution < 1.29 is 10.2 Å². The molecule has 0 aliphatic rings. The summed E-state index contributed by atoms with van der Waals surface area (Å²) in [6.45, 7) is 0. The molecular formula is C9H10N4O2S2. The normalized spacial score (nSPS) is 10.2. The molecule has 0 bridgehead atoms. The summed E-state index contributed by atoms with van der Waals surface area (Å²) < 4.78 is 4.08. The standard InChI is InChI=1S/C9H10N4O2S2/c1-16-9-10-8(17-13-9)12-11-5-2-3-6(14)7(15)4-5/h2-4,11,14-15H,1H3,(H,10,12,13). The number of thioether (sulfide) groups is 1. The SMILES string of the molecule is CSc1nsc(NNc2ccc(O)c(O)c2)n1. The highest BCUT2D eigenvalue weighted by Crippen LogP contribution is 2.27. The molecule has 2 rings (SSSR count). The van der Waals surface area contributed by atoms with Crippen molar-refractivity contribution in [2.24, 2.45) is 0 Å². The third-order valence-electron chi connectivity index (χ3n) is 1.88. The number of hydrogen-bond donors (Lipinski definition) is 4. The third kappa shape index (κ3) is 2.92. The molecule has 6 nitrogen and oxygen atoms in total. The van der Waals surface area contributed by atoms with Crippen LogP contribution in [0.2, 0.25) is 0 Å². The second kappa shape index (κ2) is 5.11. The lowest BCUT2D eigenvalue weighted by Crippen LogP contribution is -2.07. The van der Waals surface area contributed by atoms with Gasteiger partial charge >= 0.3 is 0 Å². The summed E-state index contributed by atoms with van der Waals surface area (Å²) in [7, 11) is 0. The number of rotatable bonds is 4. The Morgan fingerprint density at radius 1 is 1.24 bits per heavy atom. The van der Waals surface area contributed by atoms with Crippen molar-refractivity contribution >= 4 is 34.1 Å². The van der Waals surface area contributed by atoms with E-state index < -0.39 is 0 Å². The quantitative estimate of drug-likeness (QED) is 0.293. The highest BCUT2D eigenvalue weighted by atomic mass is 32.2. The molecule has 0 saturated carbocycles. The maximum Gasteiger partial charge on any atom is 0.222 e. The van der Waals surface area contributed by atoms with Gasteiger partial charge in [0, 0.05) is 17.6 Å². The molecule has 0 aliphatic heterocycles. The van der Waals surface area contributed by atoms with E-state index in [4.69, 9.17) is 5.11 Å². The van der Waals surface area contributed by atoms with Crippen LogP contribution in [0.15, 0.2) is 23.4 Å². The Labute approximate surface area is 106 Å². The van der Waals surface area contributed by atoms with Gasteiger partial charge in [-0.1, -0.05) is 11.8 Å². The molecule has 0 aliphatic carbocycles. The topological polar surface area (TPSA) is 90.3 Å². The van der Waals surface area contributed by atoms with Gasteiger partial charge in [-0.05, 0) is 18.4 Å². The van der Waals surface area contributed by atoms with Gasteiger partial charge in [-0.15, -0.1) is 0 Å².